The number of likely N-dealkylation sites (tertiary alicyclic amines) is 1. The molecule has 22 heavy (non-hydrogen) atoms. The standard InChI is InChI=1S/C16H20ClNO4/c17-14-5-1-2-6-15(14)22-13-8-18(9-13)16(19)11-20-10-12-4-3-7-21-12/h1-2,5-6,12-13H,3-4,7-11H2/t12-/m1/s1. The number of amides is 1. The van der Waals surface area contributed by atoms with E-state index < -0.39 is 0 Å². The zero-order valence-corrected chi connectivity index (χ0v) is 13.1. The Hall–Kier alpha value is -1.30. The maximum absolute atomic E-state index is 11.9. The van der Waals surface area contributed by atoms with Crippen LogP contribution in [0.25, 0.3) is 0 Å². The molecule has 0 bridgehead atoms. The van der Waals surface area contributed by atoms with E-state index in [9.17, 15) is 4.79 Å². The van der Waals surface area contributed by atoms with Crippen LogP contribution in [0, 0.1) is 0 Å². The average Bonchev–Trinajstić information content (AvgIpc) is 2.97. The second kappa shape index (κ2) is 7.31. The average molecular weight is 326 g/mol. The summed E-state index contributed by atoms with van der Waals surface area (Å²) < 4.78 is 16.6. The summed E-state index contributed by atoms with van der Waals surface area (Å²) in [7, 11) is 0. The Morgan fingerprint density at radius 1 is 1.36 bits per heavy atom. The van der Waals surface area contributed by atoms with Crippen LogP contribution in [0.2, 0.25) is 5.02 Å². The molecule has 2 saturated heterocycles. The van der Waals surface area contributed by atoms with E-state index >= 15 is 0 Å². The molecule has 0 aliphatic carbocycles. The Morgan fingerprint density at radius 2 is 2.18 bits per heavy atom. The Balaban J connectivity index is 1.34. The van der Waals surface area contributed by atoms with Crippen molar-refractivity contribution in [2.75, 3.05) is 32.9 Å². The largest absolute Gasteiger partial charge is 0.485 e. The van der Waals surface area contributed by atoms with E-state index in [0.29, 0.717) is 30.5 Å². The molecule has 3 rings (SSSR count). The third-order valence-corrected chi connectivity index (χ3v) is 4.20. The molecular weight excluding hydrogens is 306 g/mol. The second-order valence-corrected chi connectivity index (χ2v) is 6.03. The molecule has 0 aromatic heterocycles. The molecule has 0 N–H and O–H groups in total. The maximum atomic E-state index is 11.9. The Labute approximate surface area is 135 Å². The molecule has 120 valence electrons. The van der Waals surface area contributed by atoms with E-state index in [2.05, 4.69) is 0 Å². The lowest BCUT2D eigenvalue weighted by atomic mass is 10.1. The van der Waals surface area contributed by atoms with Gasteiger partial charge in [-0.3, -0.25) is 4.79 Å². The van der Waals surface area contributed by atoms with Gasteiger partial charge in [0.15, 0.2) is 0 Å². The minimum absolute atomic E-state index is 0.00187. The molecule has 2 aliphatic heterocycles. The molecule has 1 aromatic carbocycles. The van der Waals surface area contributed by atoms with Gasteiger partial charge in [0.25, 0.3) is 0 Å². The molecule has 1 atom stereocenters. The monoisotopic (exact) mass is 325 g/mol. The van der Waals surface area contributed by atoms with Gasteiger partial charge in [0, 0.05) is 6.61 Å². The van der Waals surface area contributed by atoms with Crippen LogP contribution in [0.3, 0.4) is 0 Å². The van der Waals surface area contributed by atoms with Gasteiger partial charge in [-0.1, -0.05) is 23.7 Å². The van der Waals surface area contributed by atoms with Crippen LogP contribution in [-0.4, -0.2) is 55.9 Å². The SMILES string of the molecule is O=C(COC[C@H]1CCCO1)N1CC(Oc2ccccc2Cl)C1. The first kappa shape index (κ1) is 15.6. The third-order valence-electron chi connectivity index (χ3n) is 3.88. The fourth-order valence-corrected chi connectivity index (χ4v) is 2.76. The van der Waals surface area contributed by atoms with Gasteiger partial charge in [-0.15, -0.1) is 0 Å². The number of para-hydroxylation sites is 1. The van der Waals surface area contributed by atoms with Gasteiger partial charge in [0.1, 0.15) is 18.5 Å². The van der Waals surface area contributed by atoms with Crippen molar-refractivity contribution in [3.8, 4) is 5.75 Å². The van der Waals surface area contributed by atoms with Gasteiger partial charge in [-0.25, -0.2) is 0 Å². The van der Waals surface area contributed by atoms with Crippen molar-refractivity contribution < 1.29 is 19.0 Å². The highest BCUT2D eigenvalue weighted by Crippen LogP contribution is 2.26. The highest BCUT2D eigenvalue weighted by Gasteiger charge is 2.32. The fraction of sp³-hybridized carbons (Fsp3) is 0.562. The van der Waals surface area contributed by atoms with Crippen molar-refractivity contribution in [1.29, 1.82) is 0 Å². The van der Waals surface area contributed by atoms with E-state index in [4.69, 9.17) is 25.8 Å². The number of hydrogen-bond donors (Lipinski definition) is 0. The summed E-state index contributed by atoms with van der Waals surface area (Å²) in [5.74, 6) is 0.660. The maximum Gasteiger partial charge on any atom is 0.248 e. The van der Waals surface area contributed by atoms with Gasteiger partial charge in [-0.2, -0.15) is 0 Å². The number of halogens is 1. The summed E-state index contributed by atoms with van der Waals surface area (Å²) in [5, 5.41) is 0.590. The molecule has 5 nitrogen and oxygen atoms in total. The molecule has 0 radical (unpaired) electrons. The summed E-state index contributed by atoms with van der Waals surface area (Å²) in [5.41, 5.74) is 0. The smallest absolute Gasteiger partial charge is 0.248 e. The van der Waals surface area contributed by atoms with E-state index in [1.165, 1.54) is 0 Å². The number of ether oxygens (including phenoxy) is 3. The minimum Gasteiger partial charge on any atom is -0.485 e. The predicted molar refractivity (Wildman–Crippen MR) is 82.2 cm³/mol. The zero-order chi connectivity index (χ0) is 15.4. The Morgan fingerprint density at radius 3 is 2.91 bits per heavy atom. The number of rotatable bonds is 6. The molecule has 0 spiro atoms. The van der Waals surface area contributed by atoms with Gasteiger partial charge in [0.05, 0.1) is 30.8 Å². The lowest BCUT2D eigenvalue weighted by molar-refractivity contribution is -0.146. The highest BCUT2D eigenvalue weighted by atomic mass is 35.5. The first-order chi connectivity index (χ1) is 10.7. The first-order valence-corrected chi connectivity index (χ1v) is 7.98. The molecule has 0 unspecified atom stereocenters. The zero-order valence-electron chi connectivity index (χ0n) is 12.4. The quantitative estimate of drug-likeness (QED) is 0.804. The number of hydrogen-bond acceptors (Lipinski definition) is 4. The van der Waals surface area contributed by atoms with E-state index in [1.54, 1.807) is 11.0 Å². The fourth-order valence-electron chi connectivity index (χ4n) is 2.58. The second-order valence-electron chi connectivity index (χ2n) is 5.62. The number of benzene rings is 1. The normalized spacial score (nSPS) is 21.7. The number of carbonyl (C=O) groups excluding carboxylic acids is 1. The Kier molecular flexibility index (Phi) is 5.18. The first-order valence-electron chi connectivity index (χ1n) is 7.60. The van der Waals surface area contributed by atoms with Crippen molar-refractivity contribution >= 4 is 17.5 Å². The van der Waals surface area contributed by atoms with Crippen LogP contribution in [0.4, 0.5) is 0 Å². The van der Waals surface area contributed by atoms with Crippen LogP contribution >= 0.6 is 11.6 Å². The third kappa shape index (κ3) is 3.91. The van der Waals surface area contributed by atoms with E-state index in [1.807, 2.05) is 18.2 Å². The molecule has 1 amide bonds. The summed E-state index contributed by atoms with van der Waals surface area (Å²) in [6.07, 6.45) is 2.25. The molecule has 0 saturated carbocycles. The Bertz CT molecular complexity index is 513. The van der Waals surface area contributed by atoms with Crippen molar-refractivity contribution in [1.82, 2.24) is 4.90 Å². The lowest BCUT2D eigenvalue weighted by Gasteiger charge is -2.39. The van der Waals surface area contributed by atoms with Gasteiger partial charge in [-0.05, 0) is 25.0 Å². The van der Waals surface area contributed by atoms with Crippen molar-refractivity contribution in [2.45, 2.75) is 25.0 Å². The highest BCUT2D eigenvalue weighted by molar-refractivity contribution is 6.32. The summed E-state index contributed by atoms with van der Waals surface area (Å²) in [6.45, 7) is 2.56. The van der Waals surface area contributed by atoms with Crippen molar-refractivity contribution in [2.24, 2.45) is 0 Å². The summed E-state index contributed by atoms with van der Waals surface area (Å²) in [4.78, 5) is 13.7. The topological polar surface area (TPSA) is 48.0 Å². The number of carbonyl (C=O) groups is 1. The van der Waals surface area contributed by atoms with Crippen LogP contribution in [0.5, 0.6) is 5.75 Å². The molecular formula is C16H20ClNO4. The molecule has 2 fully saturated rings. The predicted octanol–water partition coefficient (Wildman–Crippen LogP) is 2.13. The van der Waals surface area contributed by atoms with Crippen LogP contribution in [0.15, 0.2) is 24.3 Å². The van der Waals surface area contributed by atoms with E-state index in [-0.39, 0.29) is 24.7 Å². The summed E-state index contributed by atoms with van der Waals surface area (Å²) >= 11 is 6.04. The molecule has 2 aliphatic rings. The minimum atomic E-state index is -0.00277. The summed E-state index contributed by atoms with van der Waals surface area (Å²) in [6, 6.07) is 7.36. The molecule has 1 aromatic rings. The number of nitrogens with zero attached hydrogens (tertiary/aromatic N) is 1. The van der Waals surface area contributed by atoms with Gasteiger partial charge >= 0.3 is 0 Å². The molecule has 2 heterocycles. The van der Waals surface area contributed by atoms with Crippen molar-refractivity contribution in [3.63, 3.8) is 0 Å². The van der Waals surface area contributed by atoms with E-state index in [0.717, 1.165) is 19.4 Å². The van der Waals surface area contributed by atoms with Crippen LogP contribution in [0.1, 0.15) is 12.8 Å². The van der Waals surface area contributed by atoms with Gasteiger partial charge in [0.2, 0.25) is 5.91 Å². The lowest BCUT2D eigenvalue weighted by Crippen LogP contribution is -2.57. The van der Waals surface area contributed by atoms with Crippen molar-refractivity contribution in [3.05, 3.63) is 29.3 Å². The van der Waals surface area contributed by atoms with Crippen LogP contribution in [-0.2, 0) is 14.3 Å². The van der Waals surface area contributed by atoms with Gasteiger partial charge < -0.3 is 19.1 Å². The van der Waals surface area contributed by atoms with Crippen LogP contribution < -0.4 is 4.74 Å². The molecule has 6 heteroatoms.